The maximum Gasteiger partial charge on any atom is 0.338 e. The van der Waals surface area contributed by atoms with E-state index in [2.05, 4.69) is 0 Å². The molecule has 2 rings (SSSR count). The largest absolute Gasteiger partial charge is 0.462 e. The topological polar surface area (TPSA) is 105 Å². The summed E-state index contributed by atoms with van der Waals surface area (Å²) in [6, 6.07) is 12.3. The van der Waals surface area contributed by atoms with Crippen LogP contribution in [0.5, 0.6) is 0 Å². The lowest BCUT2D eigenvalue weighted by molar-refractivity contribution is 0.00879. The van der Waals surface area contributed by atoms with Gasteiger partial charge in [-0.1, -0.05) is 24.3 Å². The fraction of sp³-hybridized carbons (Fsp3) is 0.360. The van der Waals surface area contributed by atoms with Gasteiger partial charge in [0.15, 0.2) is 11.6 Å². The third kappa shape index (κ3) is 8.25. The maximum atomic E-state index is 12.5. The molecule has 0 aromatic heterocycles. The summed E-state index contributed by atoms with van der Waals surface area (Å²) in [6.45, 7) is 2.08. The third-order valence-corrected chi connectivity index (χ3v) is 4.84. The van der Waals surface area contributed by atoms with Crippen molar-refractivity contribution in [1.82, 2.24) is 0 Å². The van der Waals surface area contributed by atoms with Crippen LogP contribution in [0.15, 0.2) is 48.5 Å². The molecule has 0 aliphatic heterocycles. The van der Waals surface area contributed by atoms with Crippen molar-refractivity contribution in [2.24, 2.45) is 0 Å². The Morgan fingerprint density at radius 2 is 1.24 bits per heavy atom. The number of ether oxygens (including phenoxy) is 4. The van der Waals surface area contributed by atoms with Gasteiger partial charge in [0.05, 0.1) is 23.8 Å². The second-order valence-corrected chi connectivity index (χ2v) is 7.28. The standard InChI is InChI=1S/C25H28O8/c1-17(26)18-5-7-19(8-6-18)23(27)15-22(31-3)16-33-25(29)21-11-9-20(10-12-21)24(28)32-14-4-13-30-2/h5-12,22H,4,13-16H2,1-3H3. The molecule has 0 aliphatic rings. The number of carbonyl (C=O) groups excluding carboxylic acids is 4. The highest BCUT2D eigenvalue weighted by atomic mass is 16.6. The van der Waals surface area contributed by atoms with Gasteiger partial charge in [0, 0.05) is 44.8 Å². The Morgan fingerprint density at radius 1 is 0.727 bits per heavy atom. The van der Waals surface area contributed by atoms with Crippen molar-refractivity contribution >= 4 is 23.5 Å². The highest BCUT2D eigenvalue weighted by Crippen LogP contribution is 2.12. The molecular weight excluding hydrogens is 428 g/mol. The molecule has 0 fully saturated rings. The van der Waals surface area contributed by atoms with Crippen LogP contribution in [-0.2, 0) is 18.9 Å². The van der Waals surface area contributed by atoms with Crippen LogP contribution >= 0.6 is 0 Å². The first-order valence-electron chi connectivity index (χ1n) is 10.5. The van der Waals surface area contributed by atoms with Crippen molar-refractivity contribution < 1.29 is 38.1 Å². The SMILES string of the molecule is COCCCOC(=O)c1ccc(C(=O)OCC(CC(=O)c2ccc(C(C)=O)cc2)OC)cc1. The Hall–Kier alpha value is -3.36. The van der Waals surface area contributed by atoms with Crippen molar-refractivity contribution in [1.29, 1.82) is 0 Å². The summed E-state index contributed by atoms with van der Waals surface area (Å²) in [7, 11) is 3.00. The first kappa shape index (κ1) is 25.9. The van der Waals surface area contributed by atoms with Gasteiger partial charge < -0.3 is 18.9 Å². The summed E-state index contributed by atoms with van der Waals surface area (Å²) in [5.74, 6) is -1.36. The Bertz CT molecular complexity index is 947. The summed E-state index contributed by atoms with van der Waals surface area (Å²) in [5, 5.41) is 0. The summed E-state index contributed by atoms with van der Waals surface area (Å²) in [6.07, 6.45) is -0.0216. The second kappa shape index (κ2) is 13.2. The number of hydrogen-bond acceptors (Lipinski definition) is 8. The van der Waals surface area contributed by atoms with Crippen LogP contribution in [0.2, 0.25) is 0 Å². The molecule has 8 nitrogen and oxygen atoms in total. The number of esters is 2. The number of hydrogen-bond donors (Lipinski definition) is 0. The van der Waals surface area contributed by atoms with Crippen molar-refractivity contribution in [3.8, 4) is 0 Å². The molecule has 0 saturated carbocycles. The minimum absolute atomic E-state index is 0.0110. The van der Waals surface area contributed by atoms with E-state index in [-0.39, 0.29) is 36.8 Å². The molecule has 0 saturated heterocycles. The lowest BCUT2D eigenvalue weighted by Gasteiger charge is -2.15. The highest BCUT2D eigenvalue weighted by molar-refractivity contribution is 5.99. The molecule has 1 unspecified atom stereocenters. The van der Waals surface area contributed by atoms with Crippen molar-refractivity contribution in [2.75, 3.05) is 34.0 Å². The molecular formula is C25H28O8. The van der Waals surface area contributed by atoms with E-state index < -0.39 is 18.0 Å². The van der Waals surface area contributed by atoms with Gasteiger partial charge in [-0.05, 0) is 31.2 Å². The van der Waals surface area contributed by atoms with E-state index in [0.717, 1.165) is 0 Å². The smallest absolute Gasteiger partial charge is 0.338 e. The van der Waals surface area contributed by atoms with E-state index >= 15 is 0 Å². The Kier molecular flexibility index (Phi) is 10.4. The van der Waals surface area contributed by atoms with E-state index in [1.165, 1.54) is 38.3 Å². The van der Waals surface area contributed by atoms with E-state index in [9.17, 15) is 19.2 Å². The monoisotopic (exact) mass is 456 g/mol. The zero-order chi connectivity index (χ0) is 24.2. The number of rotatable bonds is 13. The number of benzene rings is 2. The zero-order valence-electron chi connectivity index (χ0n) is 19.0. The first-order valence-corrected chi connectivity index (χ1v) is 10.5. The molecule has 2 aromatic rings. The Morgan fingerprint density at radius 3 is 1.76 bits per heavy atom. The molecule has 0 aliphatic carbocycles. The number of ketones is 2. The lowest BCUT2D eigenvalue weighted by atomic mass is 10.0. The fourth-order valence-corrected chi connectivity index (χ4v) is 2.87. The van der Waals surface area contributed by atoms with Crippen LogP contribution in [0, 0.1) is 0 Å². The molecule has 0 heterocycles. The van der Waals surface area contributed by atoms with Gasteiger partial charge in [0.1, 0.15) is 6.61 Å². The quantitative estimate of drug-likeness (QED) is 0.256. The first-order chi connectivity index (χ1) is 15.8. The van der Waals surface area contributed by atoms with Crippen molar-refractivity contribution in [2.45, 2.75) is 25.9 Å². The summed E-state index contributed by atoms with van der Waals surface area (Å²) < 4.78 is 20.6. The van der Waals surface area contributed by atoms with E-state index in [4.69, 9.17) is 18.9 Å². The van der Waals surface area contributed by atoms with Crippen LogP contribution in [-0.4, -0.2) is 63.6 Å². The van der Waals surface area contributed by atoms with Gasteiger partial charge in [-0.2, -0.15) is 0 Å². The average molecular weight is 456 g/mol. The molecule has 8 heteroatoms. The van der Waals surface area contributed by atoms with E-state index in [0.29, 0.717) is 29.7 Å². The zero-order valence-corrected chi connectivity index (χ0v) is 19.0. The Labute approximate surface area is 192 Å². The van der Waals surface area contributed by atoms with Gasteiger partial charge in [-0.15, -0.1) is 0 Å². The molecule has 33 heavy (non-hydrogen) atoms. The van der Waals surface area contributed by atoms with Gasteiger partial charge in [-0.3, -0.25) is 9.59 Å². The summed E-state index contributed by atoms with van der Waals surface area (Å²) in [5.41, 5.74) is 1.54. The van der Waals surface area contributed by atoms with Crippen molar-refractivity contribution in [3.63, 3.8) is 0 Å². The van der Waals surface area contributed by atoms with Crippen LogP contribution < -0.4 is 0 Å². The van der Waals surface area contributed by atoms with Crippen LogP contribution in [0.4, 0.5) is 0 Å². The lowest BCUT2D eigenvalue weighted by Crippen LogP contribution is -2.24. The van der Waals surface area contributed by atoms with Gasteiger partial charge in [0.25, 0.3) is 0 Å². The van der Waals surface area contributed by atoms with E-state index in [1.807, 2.05) is 0 Å². The molecule has 0 amide bonds. The van der Waals surface area contributed by atoms with Crippen molar-refractivity contribution in [3.05, 3.63) is 70.8 Å². The predicted molar refractivity (Wildman–Crippen MR) is 120 cm³/mol. The second-order valence-electron chi connectivity index (χ2n) is 7.28. The van der Waals surface area contributed by atoms with Gasteiger partial charge in [-0.25, -0.2) is 9.59 Å². The maximum absolute atomic E-state index is 12.5. The van der Waals surface area contributed by atoms with Crippen LogP contribution in [0.1, 0.15) is 61.2 Å². The number of carbonyl (C=O) groups is 4. The average Bonchev–Trinajstić information content (AvgIpc) is 2.84. The molecule has 0 bridgehead atoms. The van der Waals surface area contributed by atoms with Gasteiger partial charge in [0.2, 0.25) is 0 Å². The third-order valence-electron chi connectivity index (χ3n) is 4.84. The van der Waals surface area contributed by atoms with Crippen LogP contribution in [0.3, 0.4) is 0 Å². The Balaban J connectivity index is 1.85. The molecule has 0 radical (unpaired) electrons. The minimum atomic E-state index is -0.629. The number of Topliss-reactive ketones (excluding diaryl/α,β-unsaturated/α-hetero) is 2. The number of methoxy groups -OCH3 is 2. The molecule has 0 spiro atoms. The highest BCUT2D eigenvalue weighted by Gasteiger charge is 2.18. The summed E-state index contributed by atoms with van der Waals surface area (Å²) >= 11 is 0. The van der Waals surface area contributed by atoms with Crippen LogP contribution in [0.25, 0.3) is 0 Å². The minimum Gasteiger partial charge on any atom is -0.462 e. The van der Waals surface area contributed by atoms with E-state index in [1.54, 1.807) is 31.4 Å². The summed E-state index contributed by atoms with van der Waals surface area (Å²) in [4.78, 5) is 48.1. The predicted octanol–water partition coefficient (Wildman–Crippen LogP) is 3.53. The molecule has 2 aromatic carbocycles. The fourth-order valence-electron chi connectivity index (χ4n) is 2.87. The molecule has 0 N–H and O–H groups in total. The molecule has 176 valence electrons. The van der Waals surface area contributed by atoms with Gasteiger partial charge >= 0.3 is 11.9 Å². The molecule has 1 atom stereocenters. The normalized spacial score (nSPS) is 11.5.